The lowest BCUT2D eigenvalue weighted by atomic mass is 10.0. The lowest BCUT2D eigenvalue weighted by Crippen LogP contribution is -2.32. The van der Waals surface area contributed by atoms with Gasteiger partial charge in [0.25, 0.3) is 0 Å². The third kappa shape index (κ3) is 3.34. The van der Waals surface area contributed by atoms with E-state index >= 15 is 0 Å². The Hall–Kier alpha value is -2.33. The van der Waals surface area contributed by atoms with E-state index in [1.165, 1.54) is 4.68 Å². The first-order valence-electron chi connectivity index (χ1n) is 8.56. The number of fused-ring (bicyclic) bond motifs is 3. The minimum atomic E-state index is -4.86. The molecule has 1 atom stereocenters. The summed E-state index contributed by atoms with van der Waals surface area (Å²) in [6, 6.07) is 0. The highest BCUT2D eigenvalue weighted by Gasteiger charge is 2.45. The Kier molecular flexibility index (Phi) is 4.47. The van der Waals surface area contributed by atoms with Gasteiger partial charge in [0.2, 0.25) is 5.76 Å². The van der Waals surface area contributed by atoms with E-state index in [0.717, 1.165) is 0 Å². The fraction of sp³-hybridized carbons (Fsp3) is 0.529. The van der Waals surface area contributed by atoms with Gasteiger partial charge in [-0.15, -0.1) is 0 Å². The van der Waals surface area contributed by atoms with Crippen LogP contribution in [-0.4, -0.2) is 46.8 Å². The monoisotopic (exact) mass is 386 g/mol. The molecule has 146 valence electrons. The van der Waals surface area contributed by atoms with Crippen molar-refractivity contribution in [1.82, 2.24) is 9.78 Å². The van der Waals surface area contributed by atoms with Gasteiger partial charge in [-0.2, -0.15) is 18.3 Å². The molecule has 1 aliphatic heterocycles. The van der Waals surface area contributed by atoms with Gasteiger partial charge in [0.15, 0.2) is 0 Å². The van der Waals surface area contributed by atoms with Gasteiger partial charge in [-0.05, 0) is 18.4 Å². The highest BCUT2D eigenvalue weighted by Crippen LogP contribution is 2.45. The molecule has 27 heavy (non-hydrogen) atoms. The number of ether oxygens (including phenoxy) is 2. The lowest BCUT2D eigenvalue weighted by molar-refractivity contribution is -0.138. The van der Waals surface area contributed by atoms with Crippen LogP contribution in [0.4, 0.5) is 13.2 Å². The fourth-order valence-electron chi connectivity index (χ4n) is 3.57. The summed E-state index contributed by atoms with van der Waals surface area (Å²) in [4.78, 5) is 11.3. The third-order valence-electron chi connectivity index (χ3n) is 4.66. The number of furan rings is 1. The second-order valence-corrected chi connectivity index (χ2v) is 6.55. The van der Waals surface area contributed by atoms with Crippen molar-refractivity contribution in [3.63, 3.8) is 0 Å². The van der Waals surface area contributed by atoms with Gasteiger partial charge < -0.3 is 19.0 Å². The number of carbonyl (C=O) groups is 1. The number of halogens is 3. The molecule has 0 aromatic carbocycles. The molecule has 2 aromatic heterocycles. The molecule has 3 heterocycles. The summed E-state index contributed by atoms with van der Waals surface area (Å²) < 4.78 is 58.5. The number of nitrogens with zero attached hydrogens (tertiary/aromatic N) is 2. The number of rotatable bonds is 3. The van der Waals surface area contributed by atoms with E-state index in [2.05, 4.69) is 5.10 Å². The predicted octanol–water partition coefficient (Wildman–Crippen LogP) is 2.76. The van der Waals surface area contributed by atoms with Crippen LogP contribution < -0.4 is 0 Å². The van der Waals surface area contributed by atoms with Crippen molar-refractivity contribution in [2.24, 2.45) is 0 Å². The minimum Gasteiger partial charge on any atom is -0.475 e. The van der Waals surface area contributed by atoms with Crippen molar-refractivity contribution in [1.29, 1.82) is 0 Å². The van der Waals surface area contributed by atoms with Crippen molar-refractivity contribution in [2.75, 3.05) is 19.8 Å². The van der Waals surface area contributed by atoms with Crippen molar-refractivity contribution < 1.29 is 37.0 Å². The van der Waals surface area contributed by atoms with Crippen molar-refractivity contribution in [3.05, 3.63) is 28.8 Å². The van der Waals surface area contributed by atoms with E-state index in [4.69, 9.17) is 19.0 Å². The van der Waals surface area contributed by atoms with Crippen LogP contribution in [0.3, 0.4) is 0 Å². The number of carboxylic acids is 1. The first kappa shape index (κ1) is 18.1. The van der Waals surface area contributed by atoms with E-state index < -0.39 is 23.5 Å². The Morgan fingerprint density at radius 2 is 2.15 bits per heavy atom. The molecule has 1 N–H and O–H groups in total. The summed E-state index contributed by atoms with van der Waals surface area (Å²) in [6.07, 6.45) is -2.11. The summed E-state index contributed by atoms with van der Waals surface area (Å²) in [5.74, 6) is -2.82. The van der Waals surface area contributed by atoms with E-state index in [-0.39, 0.29) is 29.5 Å². The maximum atomic E-state index is 13.6. The van der Waals surface area contributed by atoms with Crippen molar-refractivity contribution in [3.8, 4) is 11.3 Å². The van der Waals surface area contributed by atoms with Crippen molar-refractivity contribution in [2.45, 2.75) is 38.1 Å². The van der Waals surface area contributed by atoms with Crippen LogP contribution in [0, 0.1) is 0 Å². The zero-order valence-corrected chi connectivity index (χ0v) is 14.2. The molecule has 0 amide bonds. The zero-order chi connectivity index (χ0) is 19.2. The van der Waals surface area contributed by atoms with Crippen LogP contribution in [0.1, 0.15) is 33.9 Å². The average molecular weight is 386 g/mol. The molecule has 0 saturated carbocycles. The number of alkyl halides is 3. The average Bonchev–Trinajstić information content (AvgIpc) is 3.13. The Morgan fingerprint density at radius 1 is 1.33 bits per heavy atom. The molecule has 1 saturated heterocycles. The van der Waals surface area contributed by atoms with Gasteiger partial charge in [-0.1, -0.05) is 0 Å². The molecule has 0 unspecified atom stereocenters. The highest BCUT2D eigenvalue weighted by molar-refractivity contribution is 5.90. The topological polar surface area (TPSA) is 86.7 Å². The van der Waals surface area contributed by atoms with Crippen LogP contribution in [0.2, 0.25) is 0 Å². The van der Waals surface area contributed by atoms with Crippen LogP contribution in [0.25, 0.3) is 11.3 Å². The summed E-state index contributed by atoms with van der Waals surface area (Å²) in [5, 5.41) is 13.5. The summed E-state index contributed by atoms with van der Waals surface area (Å²) >= 11 is 0. The van der Waals surface area contributed by atoms with E-state index in [9.17, 15) is 18.0 Å². The molecule has 0 spiro atoms. The van der Waals surface area contributed by atoms with Crippen LogP contribution in [0.5, 0.6) is 0 Å². The molecule has 1 fully saturated rings. The summed E-state index contributed by atoms with van der Waals surface area (Å²) in [5.41, 5.74) is -0.765. The van der Waals surface area contributed by atoms with Gasteiger partial charge in [-0.25, -0.2) is 4.79 Å². The van der Waals surface area contributed by atoms with Gasteiger partial charge >= 0.3 is 12.1 Å². The van der Waals surface area contributed by atoms with Gasteiger partial charge in [0.1, 0.15) is 17.4 Å². The Morgan fingerprint density at radius 3 is 2.81 bits per heavy atom. The second-order valence-electron chi connectivity index (χ2n) is 6.55. The number of hydrogen-bond acceptors (Lipinski definition) is 5. The zero-order valence-electron chi connectivity index (χ0n) is 14.2. The maximum Gasteiger partial charge on any atom is 0.421 e. The van der Waals surface area contributed by atoms with Crippen molar-refractivity contribution >= 4 is 5.97 Å². The number of aromatic carboxylic acids is 1. The van der Waals surface area contributed by atoms with Gasteiger partial charge in [-0.3, -0.25) is 4.68 Å². The molecule has 10 heteroatoms. The Bertz CT molecular complexity index is 865. The molecule has 2 aromatic rings. The molecule has 2 aliphatic rings. The predicted molar refractivity (Wildman–Crippen MR) is 84.5 cm³/mol. The number of aromatic nitrogens is 2. The molecule has 4 rings (SSSR count). The summed E-state index contributed by atoms with van der Waals surface area (Å²) in [7, 11) is 0. The van der Waals surface area contributed by atoms with Crippen LogP contribution >= 0.6 is 0 Å². The fourth-order valence-corrected chi connectivity index (χ4v) is 3.57. The maximum absolute atomic E-state index is 13.6. The van der Waals surface area contributed by atoms with E-state index in [1.54, 1.807) is 6.20 Å². The van der Waals surface area contributed by atoms with Gasteiger partial charge in [0.05, 0.1) is 37.6 Å². The molecule has 7 nitrogen and oxygen atoms in total. The minimum absolute atomic E-state index is 0.0148. The molecule has 0 bridgehead atoms. The number of aryl methyl sites for hydroxylation is 2. The summed E-state index contributed by atoms with van der Waals surface area (Å²) in [6.45, 7) is 1.70. The highest BCUT2D eigenvalue weighted by atomic mass is 19.4. The standard InChI is InChI=1S/C17H17F3N2O5/c18-17(19,20)13-12-11(27-15(13)16(23)24)3-1-2-9-6-22(21-14(9)12)7-10-8-25-4-5-26-10/h6,10H,1-5,7-8H2,(H,23,24)/t10-/m0/s1. The number of hydrogen-bond donors (Lipinski definition) is 1. The third-order valence-corrected chi connectivity index (χ3v) is 4.66. The first-order valence-corrected chi connectivity index (χ1v) is 8.56. The quantitative estimate of drug-likeness (QED) is 0.873. The van der Waals surface area contributed by atoms with Gasteiger partial charge in [0, 0.05) is 12.6 Å². The normalized spacial score (nSPS) is 20.0. The SMILES string of the molecule is O=C(O)c1oc2c(c1C(F)(F)F)-c1nn(C[C@H]3COCCO3)cc1CCC2. The lowest BCUT2D eigenvalue weighted by Gasteiger charge is -2.22. The largest absolute Gasteiger partial charge is 0.475 e. The van der Waals surface area contributed by atoms with Crippen LogP contribution in [0.15, 0.2) is 10.6 Å². The first-order chi connectivity index (χ1) is 12.8. The van der Waals surface area contributed by atoms with E-state index in [1.807, 2.05) is 0 Å². The Labute approximate surface area is 151 Å². The molecule has 0 radical (unpaired) electrons. The smallest absolute Gasteiger partial charge is 0.421 e. The molecular weight excluding hydrogens is 369 g/mol. The molecule has 1 aliphatic carbocycles. The number of carboxylic acid groups (broad SMARTS) is 1. The molecular formula is C17H17F3N2O5. The van der Waals surface area contributed by atoms with E-state index in [0.29, 0.717) is 44.8 Å². The second kappa shape index (κ2) is 6.68. The Balaban J connectivity index is 1.79. The van der Waals surface area contributed by atoms with Crippen LogP contribution in [-0.2, 0) is 35.0 Å².